The molecule has 2 rings (SSSR count). The van der Waals surface area contributed by atoms with Crippen LogP contribution in [0.15, 0.2) is 18.2 Å². The highest BCUT2D eigenvalue weighted by molar-refractivity contribution is 6.36. The first kappa shape index (κ1) is 14.6. The van der Waals surface area contributed by atoms with E-state index in [2.05, 4.69) is 12.4 Å². The Kier molecular flexibility index (Phi) is 5.05. The number of benzene rings is 1. The van der Waals surface area contributed by atoms with Gasteiger partial charge in [0.15, 0.2) is 6.54 Å². The fraction of sp³-hybridized carbons (Fsp3) is 0.462. The molecule has 0 saturated carbocycles. The summed E-state index contributed by atoms with van der Waals surface area (Å²) in [7, 11) is 2.18. The second-order valence-corrected chi connectivity index (χ2v) is 5.90. The van der Waals surface area contributed by atoms with E-state index in [-0.39, 0.29) is 5.91 Å². The van der Waals surface area contributed by atoms with Crippen LogP contribution in [0.4, 0.5) is 5.69 Å². The Hall–Kier alpha value is -0.810. The van der Waals surface area contributed by atoms with Crippen LogP contribution in [-0.2, 0) is 4.79 Å². The van der Waals surface area contributed by atoms with Crippen molar-refractivity contribution in [3.63, 3.8) is 0 Å². The molecule has 0 bridgehead atoms. The van der Waals surface area contributed by atoms with Crippen molar-refractivity contribution >= 4 is 34.8 Å². The number of likely N-dealkylation sites (N-methyl/N-ethyl adjacent to an activating group) is 1. The van der Waals surface area contributed by atoms with E-state index in [1.54, 1.807) is 18.2 Å². The van der Waals surface area contributed by atoms with Crippen LogP contribution in [0.5, 0.6) is 0 Å². The second kappa shape index (κ2) is 6.57. The molecule has 1 aromatic carbocycles. The minimum Gasteiger partial charge on any atom is -0.328 e. The van der Waals surface area contributed by atoms with Gasteiger partial charge in [0.1, 0.15) is 26.2 Å². The maximum atomic E-state index is 12.0. The van der Waals surface area contributed by atoms with Gasteiger partial charge in [-0.1, -0.05) is 23.2 Å². The molecule has 3 N–H and O–H groups in total. The van der Waals surface area contributed by atoms with Crippen LogP contribution in [0.3, 0.4) is 0 Å². The van der Waals surface area contributed by atoms with Gasteiger partial charge in [-0.15, -0.1) is 0 Å². The Morgan fingerprint density at radius 3 is 2.58 bits per heavy atom. The smallest absolute Gasteiger partial charge is 0.279 e. The summed E-state index contributed by atoms with van der Waals surface area (Å²) < 4.78 is 0. The first-order valence-corrected chi connectivity index (χ1v) is 7.20. The number of anilines is 1. The number of quaternary nitrogens is 2. The van der Waals surface area contributed by atoms with E-state index in [1.807, 2.05) is 0 Å². The van der Waals surface area contributed by atoms with Crippen LogP contribution in [0, 0.1) is 0 Å². The van der Waals surface area contributed by atoms with E-state index in [0.29, 0.717) is 22.3 Å². The molecule has 0 aliphatic carbocycles. The van der Waals surface area contributed by atoms with Crippen LogP contribution in [0.25, 0.3) is 0 Å². The summed E-state index contributed by atoms with van der Waals surface area (Å²) in [6, 6.07) is 5.08. The van der Waals surface area contributed by atoms with E-state index in [0.717, 1.165) is 26.2 Å². The molecule has 1 fully saturated rings. The third kappa shape index (κ3) is 4.35. The molecule has 1 aliphatic rings. The Morgan fingerprint density at radius 1 is 1.26 bits per heavy atom. The van der Waals surface area contributed by atoms with Crippen molar-refractivity contribution < 1.29 is 14.6 Å². The summed E-state index contributed by atoms with van der Waals surface area (Å²) in [5, 5.41) is 3.88. The monoisotopic (exact) mass is 303 g/mol. The Bertz CT molecular complexity index is 459. The van der Waals surface area contributed by atoms with Crippen LogP contribution in [0.1, 0.15) is 0 Å². The lowest BCUT2D eigenvalue weighted by atomic mass is 10.3. The standard InChI is InChI=1S/C13H17Cl2N3O/c1-17-4-6-18(7-5-17)9-13(19)16-12-3-2-10(14)8-11(12)15/h2-3,8H,4-7,9H2,1H3,(H,16,19)/p+2. The third-order valence-corrected chi connectivity index (χ3v) is 3.97. The first-order valence-electron chi connectivity index (χ1n) is 6.44. The van der Waals surface area contributed by atoms with Gasteiger partial charge in [-0.05, 0) is 18.2 Å². The maximum absolute atomic E-state index is 12.0. The molecule has 0 radical (unpaired) electrons. The van der Waals surface area contributed by atoms with Crippen LogP contribution in [0.2, 0.25) is 10.0 Å². The molecule has 19 heavy (non-hydrogen) atoms. The summed E-state index contributed by atoms with van der Waals surface area (Å²) in [5.41, 5.74) is 0.621. The first-order chi connectivity index (χ1) is 9.04. The number of halogens is 2. The average Bonchev–Trinajstić information content (AvgIpc) is 2.36. The zero-order valence-corrected chi connectivity index (χ0v) is 12.4. The predicted molar refractivity (Wildman–Crippen MR) is 77.3 cm³/mol. The summed E-state index contributed by atoms with van der Waals surface area (Å²) in [6.45, 7) is 4.79. The quantitative estimate of drug-likeness (QED) is 0.682. The number of nitrogens with one attached hydrogen (secondary N) is 3. The number of carbonyl (C=O) groups excluding carboxylic acids is 1. The fourth-order valence-electron chi connectivity index (χ4n) is 2.22. The van der Waals surface area contributed by atoms with Gasteiger partial charge in [0.05, 0.1) is 17.8 Å². The average molecular weight is 304 g/mol. The molecule has 1 aliphatic heterocycles. The van der Waals surface area contributed by atoms with E-state index in [4.69, 9.17) is 23.2 Å². The molecule has 0 atom stereocenters. The number of hydrogen-bond acceptors (Lipinski definition) is 1. The zero-order valence-electron chi connectivity index (χ0n) is 10.9. The summed E-state index contributed by atoms with van der Waals surface area (Å²) >= 11 is 11.8. The Balaban J connectivity index is 1.87. The third-order valence-electron chi connectivity index (χ3n) is 3.43. The van der Waals surface area contributed by atoms with E-state index in [9.17, 15) is 4.79 Å². The number of piperazine rings is 1. The highest BCUT2D eigenvalue weighted by Crippen LogP contribution is 2.24. The van der Waals surface area contributed by atoms with Gasteiger partial charge in [0.2, 0.25) is 0 Å². The van der Waals surface area contributed by atoms with E-state index in [1.165, 1.54) is 9.80 Å². The summed E-state index contributed by atoms with van der Waals surface area (Å²) in [6.07, 6.45) is 0. The van der Waals surface area contributed by atoms with E-state index < -0.39 is 0 Å². The van der Waals surface area contributed by atoms with Gasteiger partial charge >= 0.3 is 0 Å². The van der Waals surface area contributed by atoms with Gasteiger partial charge in [0, 0.05) is 5.02 Å². The molecular weight excluding hydrogens is 285 g/mol. The predicted octanol–water partition coefficient (Wildman–Crippen LogP) is -0.655. The van der Waals surface area contributed by atoms with E-state index >= 15 is 0 Å². The minimum absolute atomic E-state index is 0.00113. The molecule has 1 amide bonds. The largest absolute Gasteiger partial charge is 0.328 e. The molecule has 104 valence electrons. The molecule has 6 heteroatoms. The molecule has 0 aromatic heterocycles. The minimum atomic E-state index is -0.00113. The zero-order chi connectivity index (χ0) is 13.8. The molecule has 1 aromatic rings. The van der Waals surface area contributed by atoms with Gasteiger partial charge in [-0.25, -0.2) is 0 Å². The van der Waals surface area contributed by atoms with Crippen molar-refractivity contribution in [3.8, 4) is 0 Å². The lowest BCUT2D eigenvalue weighted by molar-refractivity contribution is -0.999. The van der Waals surface area contributed by atoms with Gasteiger partial charge < -0.3 is 15.1 Å². The van der Waals surface area contributed by atoms with Crippen LogP contribution < -0.4 is 15.1 Å². The van der Waals surface area contributed by atoms with Gasteiger partial charge in [-0.2, -0.15) is 0 Å². The second-order valence-electron chi connectivity index (χ2n) is 5.06. The van der Waals surface area contributed by atoms with Crippen molar-refractivity contribution in [2.75, 3.05) is 45.1 Å². The van der Waals surface area contributed by atoms with Crippen molar-refractivity contribution in [2.45, 2.75) is 0 Å². The Labute approximate surface area is 123 Å². The SMILES string of the molecule is C[NH+]1CC[NH+](CC(=O)Nc2ccc(Cl)cc2Cl)CC1. The fourth-order valence-corrected chi connectivity index (χ4v) is 2.68. The molecule has 4 nitrogen and oxygen atoms in total. The van der Waals surface area contributed by atoms with Gasteiger partial charge in [0.25, 0.3) is 5.91 Å². The molecular formula is C13H19Cl2N3O+2. The number of amides is 1. The maximum Gasteiger partial charge on any atom is 0.279 e. The topological polar surface area (TPSA) is 38.0 Å². The summed E-state index contributed by atoms with van der Waals surface area (Å²) in [4.78, 5) is 14.8. The number of hydrogen-bond donors (Lipinski definition) is 3. The lowest BCUT2D eigenvalue weighted by Crippen LogP contribution is -3.27. The van der Waals surface area contributed by atoms with Crippen LogP contribution in [-0.4, -0.2) is 45.7 Å². The van der Waals surface area contributed by atoms with Crippen molar-refractivity contribution in [1.82, 2.24) is 0 Å². The van der Waals surface area contributed by atoms with Crippen molar-refractivity contribution in [3.05, 3.63) is 28.2 Å². The Morgan fingerprint density at radius 2 is 1.95 bits per heavy atom. The molecule has 1 saturated heterocycles. The molecule has 1 heterocycles. The lowest BCUT2D eigenvalue weighted by Gasteiger charge is -2.26. The van der Waals surface area contributed by atoms with Crippen molar-refractivity contribution in [1.29, 1.82) is 0 Å². The highest BCUT2D eigenvalue weighted by atomic mass is 35.5. The number of rotatable bonds is 3. The summed E-state index contributed by atoms with van der Waals surface area (Å²) in [5.74, 6) is -0.00113. The molecule has 0 spiro atoms. The van der Waals surface area contributed by atoms with Crippen LogP contribution >= 0.6 is 23.2 Å². The highest BCUT2D eigenvalue weighted by Gasteiger charge is 2.22. The number of carbonyl (C=O) groups is 1. The molecule has 0 unspecified atom stereocenters. The van der Waals surface area contributed by atoms with Gasteiger partial charge in [-0.3, -0.25) is 4.79 Å². The van der Waals surface area contributed by atoms with Crippen molar-refractivity contribution in [2.24, 2.45) is 0 Å². The normalized spacial score (nSPS) is 23.1.